The minimum absolute atomic E-state index is 0.0836. The zero-order chi connectivity index (χ0) is 15.7. The van der Waals surface area contributed by atoms with Gasteiger partial charge in [-0.15, -0.1) is 0 Å². The molecule has 116 valence electrons. The van der Waals surface area contributed by atoms with Crippen LogP contribution in [0.2, 0.25) is 5.02 Å². The first kappa shape index (κ1) is 15.1. The van der Waals surface area contributed by atoms with Gasteiger partial charge in [0.05, 0.1) is 16.8 Å². The number of Topliss-reactive ketones (excluding diaryl/α,β-unsaturated/α-hetero) is 1. The third-order valence-electron chi connectivity index (χ3n) is 3.87. The first-order valence-electron chi connectivity index (χ1n) is 7.56. The van der Waals surface area contributed by atoms with E-state index >= 15 is 0 Å². The number of carbonyl (C=O) groups excluding carboxylic acids is 1. The molecule has 0 amide bonds. The second-order valence-electron chi connectivity index (χ2n) is 6.00. The largest absolute Gasteiger partial charge is 0.489 e. The molecule has 0 spiro atoms. The summed E-state index contributed by atoms with van der Waals surface area (Å²) in [6.45, 7) is 3.93. The fourth-order valence-electron chi connectivity index (χ4n) is 2.78. The second kappa shape index (κ2) is 6.13. The average molecular weight is 319 g/mol. The quantitative estimate of drug-likeness (QED) is 0.911. The molecule has 4 nitrogen and oxygen atoms in total. The molecule has 22 heavy (non-hydrogen) atoms. The van der Waals surface area contributed by atoms with Crippen molar-refractivity contribution in [1.29, 1.82) is 0 Å². The van der Waals surface area contributed by atoms with Gasteiger partial charge in [0, 0.05) is 30.0 Å². The summed E-state index contributed by atoms with van der Waals surface area (Å²) in [6, 6.07) is 7.69. The summed E-state index contributed by atoms with van der Waals surface area (Å²) in [6.07, 6.45) is 2.28. The van der Waals surface area contributed by atoms with E-state index in [4.69, 9.17) is 16.3 Å². The fraction of sp³-hybridized carbons (Fsp3) is 0.412. The topological polar surface area (TPSA) is 55.0 Å². The van der Waals surface area contributed by atoms with E-state index in [-0.39, 0.29) is 12.0 Å². The van der Waals surface area contributed by atoms with Crippen molar-refractivity contribution in [2.75, 3.05) is 0 Å². The second-order valence-corrected chi connectivity index (χ2v) is 6.41. The number of H-pyrrole nitrogens is 1. The van der Waals surface area contributed by atoms with Gasteiger partial charge in [0.25, 0.3) is 0 Å². The van der Waals surface area contributed by atoms with E-state index in [1.54, 1.807) is 0 Å². The highest BCUT2D eigenvalue weighted by Crippen LogP contribution is 2.34. The minimum atomic E-state index is 0.0836. The minimum Gasteiger partial charge on any atom is -0.489 e. The van der Waals surface area contributed by atoms with E-state index < -0.39 is 0 Å². The van der Waals surface area contributed by atoms with Gasteiger partial charge in [0.15, 0.2) is 0 Å². The number of hydrogen-bond acceptors (Lipinski definition) is 3. The summed E-state index contributed by atoms with van der Waals surface area (Å²) >= 11 is 6.27. The van der Waals surface area contributed by atoms with Crippen LogP contribution < -0.4 is 4.74 Å². The number of rotatable bonds is 4. The van der Waals surface area contributed by atoms with Crippen molar-refractivity contribution in [3.63, 3.8) is 0 Å². The van der Waals surface area contributed by atoms with E-state index in [1.807, 2.05) is 38.1 Å². The molecule has 1 aliphatic carbocycles. The molecular formula is C17H19ClN2O2. The molecule has 1 aliphatic rings. The standard InChI is InChI=1S/C17H19ClN2O2/c1-10(2)22-17-6-4-12(8-14(17)18)16-9-15(19-20-16)11-3-5-13(21)7-11/h4,6,8-11H,3,5,7H2,1-2H3,(H,19,20). The Bertz CT molecular complexity index is 694. The lowest BCUT2D eigenvalue weighted by atomic mass is 10.0. The first-order chi connectivity index (χ1) is 10.5. The molecule has 1 saturated carbocycles. The van der Waals surface area contributed by atoms with Crippen LogP contribution in [-0.4, -0.2) is 22.1 Å². The van der Waals surface area contributed by atoms with Crippen molar-refractivity contribution in [2.24, 2.45) is 0 Å². The van der Waals surface area contributed by atoms with E-state index in [2.05, 4.69) is 10.2 Å². The summed E-state index contributed by atoms with van der Waals surface area (Å²) in [5.74, 6) is 1.28. The van der Waals surface area contributed by atoms with Gasteiger partial charge in [0.2, 0.25) is 0 Å². The van der Waals surface area contributed by atoms with Crippen LogP contribution in [0.4, 0.5) is 0 Å². The van der Waals surface area contributed by atoms with Crippen LogP contribution in [0.15, 0.2) is 24.3 Å². The molecular weight excluding hydrogens is 300 g/mol. The number of nitrogens with zero attached hydrogens (tertiary/aromatic N) is 1. The molecule has 1 fully saturated rings. The number of carbonyl (C=O) groups is 1. The summed E-state index contributed by atoms with van der Waals surface area (Å²) in [4.78, 5) is 11.4. The zero-order valence-electron chi connectivity index (χ0n) is 12.7. The van der Waals surface area contributed by atoms with Crippen molar-refractivity contribution >= 4 is 17.4 Å². The van der Waals surface area contributed by atoms with Crippen LogP contribution in [-0.2, 0) is 4.79 Å². The molecule has 2 aromatic rings. The summed E-state index contributed by atoms with van der Waals surface area (Å²) in [7, 11) is 0. The third-order valence-corrected chi connectivity index (χ3v) is 4.17. The Morgan fingerprint density at radius 3 is 2.82 bits per heavy atom. The highest BCUT2D eigenvalue weighted by Gasteiger charge is 2.25. The maximum Gasteiger partial charge on any atom is 0.138 e. The lowest BCUT2D eigenvalue weighted by Crippen LogP contribution is -2.05. The van der Waals surface area contributed by atoms with Crippen molar-refractivity contribution in [2.45, 2.75) is 45.1 Å². The van der Waals surface area contributed by atoms with Crippen LogP contribution in [0, 0.1) is 0 Å². The van der Waals surface area contributed by atoms with Crippen LogP contribution >= 0.6 is 11.6 Å². The molecule has 0 saturated heterocycles. The smallest absolute Gasteiger partial charge is 0.138 e. The Hall–Kier alpha value is -1.81. The highest BCUT2D eigenvalue weighted by molar-refractivity contribution is 6.32. The van der Waals surface area contributed by atoms with Crippen molar-refractivity contribution in [3.8, 4) is 17.0 Å². The van der Waals surface area contributed by atoms with E-state index in [0.717, 1.165) is 23.4 Å². The molecule has 0 radical (unpaired) electrons. The van der Waals surface area contributed by atoms with E-state index in [1.165, 1.54) is 0 Å². The Morgan fingerprint density at radius 1 is 1.36 bits per heavy atom. The summed E-state index contributed by atoms with van der Waals surface area (Å²) in [5, 5.41) is 7.98. The van der Waals surface area contributed by atoms with Gasteiger partial charge in [-0.2, -0.15) is 5.10 Å². The number of ether oxygens (including phenoxy) is 1. The van der Waals surface area contributed by atoms with Gasteiger partial charge in [-0.05, 0) is 44.5 Å². The molecule has 0 aliphatic heterocycles. The number of ketones is 1. The van der Waals surface area contributed by atoms with Gasteiger partial charge < -0.3 is 4.74 Å². The molecule has 1 aromatic heterocycles. The summed E-state index contributed by atoms with van der Waals surface area (Å²) < 4.78 is 5.64. The van der Waals surface area contributed by atoms with E-state index in [9.17, 15) is 4.79 Å². The molecule has 0 bridgehead atoms. The van der Waals surface area contributed by atoms with Crippen LogP contribution in [0.3, 0.4) is 0 Å². The van der Waals surface area contributed by atoms with Gasteiger partial charge in [-0.3, -0.25) is 9.89 Å². The molecule has 1 aromatic carbocycles. The number of benzene rings is 1. The SMILES string of the molecule is CC(C)Oc1ccc(-c2cc(C3CCC(=O)C3)[nH]n2)cc1Cl. The Kier molecular flexibility index (Phi) is 4.21. The number of aromatic nitrogens is 2. The molecule has 1 atom stereocenters. The van der Waals surface area contributed by atoms with Crippen LogP contribution in [0.1, 0.15) is 44.7 Å². The molecule has 3 rings (SSSR count). The first-order valence-corrected chi connectivity index (χ1v) is 7.94. The maximum absolute atomic E-state index is 11.4. The Balaban J connectivity index is 1.81. The highest BCUT2D eigenvalue weighted by atomic mass is 35.5. The Morgan fingerprint density at radius 2 is 2.18 bits per heavy atom. The van der Waals surface area contributed by atoms with E-state index in [0.29, 0.717) is 29.4 Å². The molecule has 5 heteroatoms. The fourth-order valence-corrected chi connectivity index (χ4v) is 3.01. The number of halogens is 1. The van der Waals surface area contributed by atoms with Crippen LogP contribution in [0.5, 0.6) is 5.75 Å². The van der Waals surface area contributed by atoms with Crippen molar-refractivity contribution in [1.82, 2.24) is 10.2 Å². The maximum atomic E-state index is 11.4. The Labute approximate surface area is 134 Å². The molecule has 1 unspecified atom stereocenters. The van der Waals surface area contributed by atoms with Gasteiger partial charge in [-0.1, -0.05) is 11.6 Å². The lowest BCUT2D eigenvalue weighted by molar-refractivity contribution is -0.117. The summed E-state index contributed by atoms with van der Waals surface area (Å²) in [5.41, 5.74) is 2.81. The predicted molar refractivity (Wildman–Crippen MR) is 86.4 cm³/mol. The number of hydrogen-bond donors (Lipinski definition) is 1. The normalized spacial score (nSPS) is 18.2. The molecule has 1 N–H and O–H groups in total. The monoisotopic (exact) mass is 318 g/mol. The average Bonchev–Trinajstić information content (AvgIpc) is 3.09. The van der Waals surface area contributed by atoms with Crippen molar-refractivity contribution in [3.05, 3.63) is 35.0 Å². The molecule has 1 heterocycles. The zero-order valence-corrected chi connectivity index (χ0v) is 13.5. The van der Waals surface area contributed by atoms with Crippen LogP contribution in [0.25, 0.3) is 11.3 Å². The number of nitrogens with one attached hydrogen (secondary N) is 1. The van der Waals surface area contributed by atoms with Crippen molar-refractivity contribution < 1.29 is 9.53 Å². The third kappa shape index (κ3) is 3.17. The lowest BCUT2D eigenvalue weighted by Gasteiger charge is -2.11. The van der Waals surface area contributed by atoms with Gasteiger partial charge in [-0.25, -0.2) is 0 Å². The van der Waals surface area contributed by atoms with Gasteiger partial charge in [0.1, 0.15) is 11.5 Å². The predicted octanol–water partition coefficient (Wildman–Crippen LogP) is 4.35. The number of aromatic amines is 1. The van der Waals surface area contributed by atoms with Gasteiger partial charge >= 0.3 is 0 Å².